The number of nitrogens with zero attached hydrogens (tertiary/aromatic N) is 3. The van der Waals surface area contributed by atoms with Crippen molar-refractivity contribution < 1.29 is 0 Å². The summed E-state index contributed by atoms with van der Waals surface area (Å²) >= 11 is 6.15. The fraction of sp³-hybridized carbons (Fsp3) is 0.0769. The lowest BCUT2D eigenvalue weighted by Crippen LogP contribution is -1.98. The number of aromatic nitrogens is 3. The van der Waals surface area contributed by atoms with Gasteiger partial charge in [-0.05, 0) is 55.3 Å². The molecule has 3 aromatic carbocycles. The number of rotatable bonds is 3. The van der Waals surface area contributed by atoms with E-state index in [9.17, 15) is 0 Å². The number of benzene rings is 3. The first-order valence-corrected chi connectivity index (χ1v) is 10.3. The number of hydrogen-bond acceptors (Lipinski definition) is 2. The van der Waals surface area contributed by atoms with Crippen molar-refractivity contribution in [1.29, 1.82) is 0 Å². The van der Waals surface area contributed by atoms with Crippen LogP contribution in [0.3, 0.4) is 0 Å². The second-order valence-corrected chi connectivity index (χ2v) is 7.90. The molecule has 0 aliphatic carbocycles. The molecular formula is C26H20ClN3. The molecule has 5 aromatic rings. The van der Waals surface area contributed by atoms with Gasteiger partial charge < -0.3 is 0 Å². The summed E-state index contributed by atoms with van der Waals surface area (Å²) < 4.78 is 1.93. The van der Waals surface area contributed by atoms with Gasteiger partial charge in [0.1, 0.15) is 0 Å². The molecule has 0 saturated carbocycles. The van der Waals surface area contributed by atoms with Gasteiger partial charge in [-0.2, -0.15) is 5.10 Å². The lowest BCUT2D eigenvalue weighted by atomic mass is 9.99. The summed E-state index contributed by atoms with van der Waals surface area (Å²) in [5.74, 6) is 0. The summed E-state index contributed by atoms with van der Waals surface area (Å²) in [6.07, 6.45) is 0. The van der Waals surface area contributed by atoms with Gasteiger partial charge in [0.15, 0.2) is 5.65 Å². The van der Waals surface area contributed by atoms with Crippen LogP contribution in [0.4, 0.5) is 0 Å². The zero-order valence-electron chi connectivity index (χ0n) is 16.8. The number of halogens is 1. The van der Waals surface area contributed by atoms with E-state index in [0.29, 0.717) is 0 Å². The lowest BCUT2D eigenvalue weighted by Gasteiger charge is -2.10. The minimum Gasteiger partial charge on any atom is -0.228 e. The van der Waals surface area contributed by atoms with E-state index in [4.69, 9.17) is 21.7 Å². The van der Waals surface area contributed by atoms with Crippen LogP contribution >= 0.6 is 11.6 Å². The van der Waals surface area contributed by atoms with E-state index < -0.39 is 0 Å². The van der Waals surface area contributed by atoms with Crippen molar-refractivity contribution in [3.05, 3.63) is 101 Å². The van der Waals surface area contributed by atoms with Crippen LogP contribution in [0.2, 0.25) is 5.02 Å². The molecular weight excluding hydrogens is 390 g/mol. The molecule has 3 nitrogen and oxygen atoms in total. The molecule has 0 aliphatic heterocycles. The van der Waals surface area contributed by atoms with Gasteiger partial charge in [-0.25, -0.2) is 9.67 Å². The Morgan fingerprint density at radius 3 is 2.13 bits per heavy atom. The van der Waals surface area contributed by atoms with Crippen molar-refractivity contribution in [3.63, 3.8) is 0 Å². The first kappa shape index (κ1) is 18.6. The first-order chi connectivity index (χ1) is 14.6. The van der Waals surface area contributed by atoms with Crippen LogP contribution in [0, 0.1) is 13.8 Å². The Morgan fingerprint density at radius 2 is 1.43 bits per heavy atom. The Kier molecular flexibility index (Phi) is 4.61. The van der Waals surface area contributed by atoms with E-state index >= 15 is 0 Å². The van der Waals surface area contributed by atoms with Crippen LogP contribution < -0.4 is 0 Å². The van der Waals surface area contributed by atoms with Gasteiger partial charge in [-0.15, -0.1) is 0 Å². The van der Waals surface area contributed by atoms with E-state index in [1.54, 1.807) is 0 Å². The minimum absolute atomic E-state index is 0.722. The van der Waals surface area contributed by atoms with Crippen molar-refractivity contribution in [1.82, 2.24) is 14.8 Å². The van der Waals surface area contributed by atoms with Crippen molar-refractivity contribution in [2.45, 2.75) is 13.8 Å². The number of para-hydroxylation sites is 1. The molecule has 0 N–H and O–H groups in total. The summed E-state index contributed by atoms with van der Waals surface area (Å²) in [7, 11) is 0. The Bertz CT molecular complexity index is 1340. The average Bonchev–Trinajstić information content (AvgIpc) is 3.11. The van der Waals surface area contributed by atoms with Crippen LogP contribution in [0.15, 0.2) is 84.9 Å². The quantitative estimate of drug-likeness (QED) is 0.320. The van der Waals surface area contributed by atoms with Crippen molar-refractivity contribution >= 4 is 22.6 Å². The SMILES string of the molecule is Cc1ccc(-c2cc(-c3ccc(Cl)cc3)c3c(C)nn(-c4ccccc4)c3n2)cc1. The molecule has 2 aromatic heterocycles. The van der Waals surface area contributed by atoms with Gasteiger partial charge in [0.05, 0.1) is 22.5 Å². The largest absolute Gasteiger partial charge is 0.228 e. The first-order valence-electron chi connectivity index (χ1n) is 9.89. The topological polar surface area (TPSA) is 30.7 Å². The standard InChI is InChI=1S/C26H20ClN3/c1-17-8-10-20(11-9-17)24-16-23(19-12-14-21(27)15-13-19)25-18(2)29-30(26(25)28-24)22-6-4-3-5-7-22/h3-16H,1-2H3. The van der Waals surface area contributed by atoms with E-state index in [1.807, 2.05) is 54.1 Å². The number of hydrogen-bond donors (Lipinski definition) is 0. The maximum Gasteiger partial charge on any atom is 0.164 e. The van der Waals surface area contributed by atoms with Crippen molar-refractivity contribution in [2.75, 3.05) is 0 Å². The van der Waals surface area contributed by atoms with Crippen molar-refractivity contribution in [3.8, 4) is 28.1 Å². The Morgan fingerprint density at radius 1 is 0.767 bits per heavy atom. The maximum atomic E-state index is 6.15. The molecule has 0 amide bonds. The number of pyridine rings is 1. The molecule has 4 heteroatoms. The van der Waals surface area contributed by atoms with Crippen molar-refractivity contribution in [2.24, 2.45) is 0 Å². The van der Waals surface area contributed by atoms with Crippen LogP contribution in [0.25, 0.3) is 39.1 Å². The van der Waals surface area contributed by atoms with E-state index in [0.717, 1.165) is 49.8 Å². The van der Waals surface area contributed by atoms with E-state index in [2.05, 4.69) is 49.4 Å². The predicted octanol–water partition coefficient (Wildman–Crippen LogP) is 7.02. The van der Waals surface area contributed by atoms with Gasteiger partial charge in [-0.3, -0.25) is 0 Å². The van der Waals surface area contributed by atoms with Gasteiger partial charge in [0.2, 0.25) is 0 Å². The Labute approximate surface area is 180 Å². The van der Waals surface area contributed by atoms with Crippen LogP contribution in [0.1, 0.15) is 11.3 Å². The minimum atomic E-state index is 0.722. The fourth-order valence-corrected chi connectivity index (χ4v) is 3.89. The zero-order chi connectivity index (χ0) is 20.7. The normalized spacial score (nSPS) is 11.2. The second-order valence-electron chi connectivity index (χ2n) is 7.46. The number of aryl methyl sites for hydroxylation is 2. The smallest absolute Gasteiger partial charge is 0.164 e. The highest BCUT2D eigenvalue weighted by atomic mass is 35.5. The average molecular weight is 410 g/mol. The highest BCUT2D eigenvalue weighted by Gasteiger charge is 2.18. The Balaban J connectivity index is 1.83. The lowest BCUT2D eigenvalue weighted by molar-refractivity contribution is 0.878. The molecule has 0 saturated heterocycles. The highest BCUT2D eigenvalue weighted by Crippen LogP contribution is 2.35. The molecule has 0 spiro atoms. The molecule has 2 heterocycles. The molecule has 0 atom stereocenters. The molecule has 0 unspecified atom stereocenters. The number of fused-ring (bicyclic) bond motifs is 1. The monoisotopic (exact) mass is 409 g/mol. The summed E-state index contributed by atoms with van der Waals surface area (Å²) in [6.45, 7) is 4.13. The maximum absolute atomic E-state index is 6.15. The fourth-order valence-electron chi connectivity index (χ4n) is 3.77. The second kappa shape index (κ2) is 7.43. The van der Waals surface area contributed by atoms with Gasteiger partial charge >= 0.3 is 0 Å². The van der Waals surface area contributed by atoms with Gasteiger partial charge in [0.25, 0.3) is 0 Å². The molecule has 0 bridgehead atoms. The third-order valence-corrected chi connectivity index (χ3v) is 5.57. The Hall–Kier alpha value is -3.43. The zero-order valence-corrected chi connectivity index (χ0v) is 17.6. The third-order valence-electron chi connectivity index (χ3n) is 5.32. The van der Waals surface area contributed by atoms with Gasteiger partial charge in [0, 0.05) is 10.6 Å². The molecule has 146 valence electrons. The summed E-state index contributed by atoms with van der Waals surface area (Å²) in [5, 5.41) is 6.62. The van der Waals surface area contributed by atoms with E-state index in [1.165, 1.54) is 5.56 Å². The molecule has 5 rings (SSSR count). The summed E-state index contributed by atoms with van der Waals surface area (Å²) in [4.78, 5) is 5.05. The van der Waals surface area contributed by atoms with Crippen LogP contribution in [-0.4, -0.2) is 14.8 Å². The molecule has 0 aliphatic rings. The summed E-state index contributed by atoms with van der Waals surface area (Å²) in [6, 6.07) is 28.7. The van der Waals surface area contributed by atoms with Crippen LogP contribution in [-0.2, 0) is 0 Å². The molecule has 30 heavy (non-hydrogen) atoms. The van der Waals surface area contributed by atoms with Crippen LogP contribution in [0.5, 0.6) is 0 Å². The highest BCUT2D eigenvalue weighted by molar-refractivity contribution is 6.30. The van der Waals surface area contributed by atoms with E-state index in [-0.39, 0.29) is 0 Å². The summed E-state index contributed by atoms with van der Waals surface area (Å²) in [5.41, 5.74) is 8.21. The van der Waals surface area contributed by atoms with Gasteiger partial charge in [-0.1, -0.05) is 71.8 Å². The molecule has 0 radical (unpaired) electrons. The third kappa shape index (κ3) is 3.27. The molecule has 0 fully saturated rings. The predicted molar refractivity (Wildman–Crippen MR) is 124 cm³/mol.